The number of imide groups is 1. The molecule has 2 heterocycles. The molecule has 0 radical (unpaired) electrons. The Morgan fingerprint density at radius 3 is 2.59 bits per heavy atom. The molecule has 2 aliphatic heterocycles. The predicted molar refractivity (Wildman–Crippen MR) is 104 cm³/mol. The van der Waals surface area contributed by atoms with E-state index in [1.165, 1.54) is 11.9 Å². The number of carbonyl (C=O) groups is 3. The molecule has 0 spiro atoms. The third-order valence-electron chi connectivity index (χ3n) is 4.48. The van der Waals surface area contributed by atoms with Gasteiger partial charge in [0.2, 0.25) is 5.91 Å². The van der Waals surface area contributed by atoms with Crippen LogP contribution in [0, 0.1) is 0 Å². The lowest BCUT2D eigenvalue weighted by Crippen LogP contribution is -2.45. The molecule has 1 aromatic carbocycles. The number of likely N-dealkylation sites (N-methyl/N-ethyl adjacent to an activating group) is 1. The fourth-order valence-corrected chi connectivity index (χ4v) is 5.62. The number of sulfone groups is 1. The maximum atomic E-state index is 12.5. The molecule has 2 aliphatic rings. The summed E-state index contributed by atoms with van der Waals surface area (Å²) in [4.78, 5) is 39.5. The fraction of sp³-hybridized carbons (Fsp3) is 0.353. The molecule has 0 unspecified atom stereocenters. The number of amides is 3. The van der Waals surface area contributed by atoms with Crippen LogP contribution in [0.4, 0.5) is 4.79 Å². The summed E-state index contributed by atoms with van der Waals surface area (Å²) in [6, 6.07) is 6.36. The summed E-state index contributed by atoms with van der Waals surface area (Å²) in [6.45, 7) is -0.407. The van der Waals surface area contributed by atoms with Crippen LogP contribution in [0.15, 0.2) is 29.2 Å². The summed E-state index contributed by atoms with van der Waals surface area (Å²) in [5, 5.41) is 0.0313. The van der Waals surface area contributed by atoms with Crippen molar-refractivity contribution in [3.63, 3.8) is 0 Å². The average Bonchev–Trinajstić information content (AvgIpc) is 3.10. The minimum atomic E-state index is -3.13. The predicted octanol–water partition coefficient (Wildman–Crippen LogP) is 2.02. The van der Waals surface area contributed by atoms with Gasteiger partial charge < -0.3 is 4.90 Å². The van der Waals surface area contributed by atoms with Gasteiger partial charge in [-0.05, 0) is 42.0 Å². The van der Waals surface area contributed by atoms with Crippen molar-refractivity contribution < 1.29 is 22.8 Å². The number of hydrogen-bond donors (Lipinski definition) is 0. The van der Waals surface area contributed by atoms with E-state index in [0.29, 0.717) is 17.0 Å². The molecule has 27 heavy (non-hydrogen) atoms. The van der Waals surface area contributed by atoms with Crippen molar-refractivity contribution in [1.29, 1.82) is 0 Å². The summed E-state index contributed by atoms with van der Waals surface area (Å²) in [7, 11) is -1.64. The minimum absolute atomic E-state index is 0.0424. The lowest BCUT2D eigenvalue weighted by molar-refractivity contribution is -0.136. The first kappa shape index (κ1) is 19.9. The molecule has 2 saturated heterocycles. The molecule has 7 nitrogen and oxygen atoms in total. The molecule has 0 bridgehead atoms. The topological polar surface area (TPSA) is 91.8 Å². The van der Waals surface area contributed by atoms with Crippen molar-refractivity contribution in [2.24, 2.45) is 0 Å². The highest BCUT2D eigenvalue weighted by molar-refractivity contribution is 8.18. The van der Waals surface area contributed by atoms with E-state index in [4.69, 9.17) is 11.6 Å². The Labute approximate surface area is 166 Å². The molecular formula is C17H17ClN2O5S2. The van der Waals surface area contributed by atoms with E-state index >= 15 is 0 Å². The Morgan fingerprint density at radius 2 is 2.00 bits per heavy atom. The molecule has 1 aromatic rings. The Bertz CT molecular complexity index is 927. The molecule has 144 valence electrons. The van der Waals surface area contributed by atoms with Crippen LogP contribution in [-0.2, 0) is 19.4 Å². The smallest absolute Gasteiger partial charge is 0.294 e. The van der Waals surface area contributed by atoms with E-state index in [1.54, 1.807) is 30.3 Å². The molecule has 3 rings (SSSR count). The number of rotatable bonds is 4. The van der Waals surface area contributed by atoms with Gasteiger partial charge in [-0.25, -0.2) is 8.42 Å². The second-order valence-electron chi connectivity index (χ2n) is 6.38. The number of benzene rings is 1. The summed E-state index contributed by atoms with van der Waals surface area (Å²) in [6.07, 6.45) is 1.93. The van der Waals surface area contributed by atoms with Crippen LogP contribution < -0.4 is 0 Å². The summed E-state index contributed by atoms with van der Waals surface area (Å²) < 4.78 is 23.2. The highest BCUT2D eigenvalue weighted by Gasteiger charge is 2.39. The van der Waals surface area contributed by atoms with Gasteiger partial charge in [0.05, 0.1) is 16.4 Å². The Kier molecular flexibility index (Phi) is 5.64. The van der Waals surface area contributed by atoms with Gasteiger partial charge in [0.25, 0.3) is 11.1 Å². The molecule has 1 atom stereocenters. The number of hydrogen-bond acceptors (Lipinski definition) is 6. The normalized spacial score (nSPS) is 23.3. The van der Waals surface area contributed by atoms with Crippen molar-refractivity contribution >= 4 is 56.3 Å². The Hall–Kier alpha value is -1.84. The monoisotopic (exact) mass is 428 g/mol. The maximum Gasteiger partial charge on any atom is 0.294 e. The number of nitrogens with zero attached hydrogens (tertiary/aromatic N) is 2. The van der Waals surface area contributed by atoms with Gasteiger partial charge in [-0.15, -0.1) is 0 Å². The van der Waals surface area contributed by atoms with Crippen LogP contribution in [-0.4, -0.2) is 66.4 Å². The fourth-order valence-electron chi connectivity index (χ4n) is 2.88. The molecule has 2 fully saturated rings. The first-order chi connectivity index (χ1) is 12.7. The molecule has 10 heteroatoms. The van der Waals surface area contributed by atoms with Crippen LogP contribution in [0.1, 0.15) is 12.0 Å². The van der Waals surface area contributed by atoms with Gasteiger partial charge in [0.1, 0.15) is 6.54 Å². The highest BCUT2D eigenvalue weighted by atomic mass is 35.5. The van der Waals surface area contributed by atoms with E-state index in [0.717, 1.165) is 16.7 Å². The largest absolute Gasteiger partial charge is 0.340 e. The summed E-state index contributed by atoms with van der Waals surface area (Å²) in [5.41, 5.74) is 0.713. The van der Waals surface area contributed by atoms with E-state index in [-0.39, 0.29) is 16.4 Å². The van der Waals surface area contributed by atoms with Crippen molar-refractivity contribution in [3.8, 4) is 0 Å². The van der Waals surface area contributed by atoms with Gasteiger partial charge in [-0.3, -0.25) is 19.3 Å². The van der Waals surface area contributed by atoms with Crippen LogP contribution in [0.2, 0.25) is 5.02 Å². The van der Waals surface area contributed by atoms with E-state index in [2.05, 4.69) is 0 Å². The molecular weight excluding hydrogens is 412 g/mol. The molecule has 0 aliphatic carbocycles. The van der Waals surface area contributed by atoms with Crippen LogP contribution in [0.3, 0.4) is 0 Å². The van der Waals surface area contributed by atoms with Crippen molar-refractivity contribution in [2.75, 3.05) is 25.1 Å². The zero-order chi connectivity index (χ0) is 19.8. The standard InChI is InChI=1S/C17H17ClN2O5S2/c1-19(13-6-7-27(24,25)10-13)15(21)9-20-16(22)14(26-17(20)23)8-11-2-4-12(18)5-3-11/h2-5,8,13H,6-7,9-10H2,1H3/b14-8-/t13-/m0/s1. The SMILES string of the molecule is CN(C(=O)CN1C(=O)S/C(=C\c2ccc(Cl)cc2)C1=O)[C@H]1CCS(=O)(=O)C1. The van der Waals surface area contributed by atoms with E-state index in [9.17, 15) is 22.8 Å². The van der Waals surface area contributed by atoms with Gasteiger partial charge in [-0.2, -0.15) is 0 Å². The van der Waals surface area contributed by atoms with Gasteiger partial charge in [0.15, 0.2) is 9.84 Å². The van der Waals surface area contributed by atoms with Crippen LogP contribution >= 0.6 is 23.4 Å². The van der Waals surface area contributed by atoms with Crippen LogP contribution in [0.5, 0.6) is 0 Å². The molecule has 0 N–H and O–H groups in total. The molecule has 3 amide bonds. The summed E-state index contributed by atoms with van der Waals surface area (Å²) in [5.74, 6) is -1.05. The lowest BCUT2D eigenvalue weighted by atomic mass is 10.2. The zero-order valence-corrected chi connectivity index (χ0v) is 16.8. The number of thioether (sulfide) groups is 1. The van der Waals surface area contributed by atoms with Crippen LogP contribution in [0.25, 0.3) is 6.08 Å². The van der Waals surface area contributed by atoms with E-state index < -0.39 is 39.5 Å². The second-order valence-corrected chi connectivity index (χ2v) is 10.0. The van der Waals surface area contributed by atoms with Crippen molar-refractivity contribution in [3.05, 3.63) is 39.8 Å². The third-order valence-corrected chi connectivity index (χ3v) is 7.39. The number of carbonyl (C=O) groups excluding carboxylic acids is 3. The highest BCUT2D eigenvalue weighted by Crippen LogP contribution is 2.32. The van der Waals surface area contributed by atoms with E-state index in [1.807, 2.05) is 0 Å². The minimum Gasteiger partial charge on any atom is -0.340 e. The second kappa shape index (κ2) is 7.65. The maximum absolute atomic E-state index is 12.5. The third kappa shape index (κ3) is 4.53. The van der Waals surface area contributed by atoms with Gasteiger partial charge >= 0.3 is 0 Å². The van der Waals surface area contributed by atoms with Gasteiger partial charge in [-0.1, -0.05) is 23.7 Å². The van der Waals surface area contributed by atoms with Crippen molar-refractivity contribution in [1.82, 2.24) is 9.80 Å². The average molecular weight is 429 g/mol. The molecule has 0 saturated carbocycles. The first-order valence-electron chi connectivity index (χ1n) is 8.13. The first-order valence-corrected chi connectivity index (χ1v) is 11.1. The quantitative estimate of drug-likeness (QED) is 0.681. The van der Waals surface area contributed by atoms with Crippen molar-refractivity contribution in [2.45, 2.75) is 12.5 Å². The number of halogens is 1. The lowest BCUT2D eigenvalue weighted by Gasteiger charge is -2.25. The van der Waals surface area contributed by atoms with Gasteiger partial charge in [0, 0.05) is 18.1 Å². The Balaban J connectivity index is 1.68. The Morgan fingerprint density at radius 1 is 1.33 bits per heavy atom. The zero-order valence-electron chi connectivity index (χ0n) is 14.4. The molecule has 0 aromatic heterocycles. The summed E-state index contributed by atoms with van der Waals surface area (Å²) >= 11 is 6.59.